The number of pyridine rings is 1. The molecule has 1 heterocycles. The smallest absolute Gasteiger partial charge is 0.140 e. The fourth-order valence-corrected chi connectivity index (χ4v) is 1.93. The highest BCUT2D eigenvalue weighted by Crippen LogP contribution is 2.18. The highest BCUT2D eigenvalue weighted by molar-refractivity contribution is 5.44. The second kappa shape index (κ2) is 8.78. The van der Waals surface area contributed by atoms with Crippen molar-refractivity contribution in [3.8, 4) is 5.75 Å². The van der Waals surface area contributed by atoms with Crippen LogP contribution < -0.4 is 10.1 Å². The van der Waals surface area contributed by atoms with E-state index in [9.17, 15) is 0 Å². The van der Waals surface area contributed by atoms with Gasteiger partial charge < -0.3 is 10.1 Å². The highest BCUT2D eigenvalue weighted by Gasteiger charge is 2.04. The van der Waals surface area contributed by atoms with Crippen LogP contribution in [0.15, 0.2) is 18.5 Å². The highest BCUT2D eigenvalue weighted by atomic mass is 16.5. The summed E-state index contributed by atoms with van der Waals surface area (Å²) >= 11 is 0. The summed E-state index contributed by atoms with van der Waals surface area (Å²) in [6, 6.07) is 2.01. The molecule has 0 spiro atoms. The lowest BCUT2D eigenvalue weighted by Gasteiger charge is -2.15. The maximum atomic E-state index is 5.88. The summed E-state index contributed by atoms with van der Waals surface area (Å²) in [5.74, 6) is 0.858. The second-order valence-electron chi connectivity index (χ2n) is 4.72. The Morgan fingerprint density at radius 2 is 2.06 bits per heavy atom. The Morgan fingerprint density at radius 3 is 2.78 bits per heavy atom. The summed E-state index contributed by atoms with van der Waals surface area (Å²) in [6.45, 7) is 7.34. The lowest BCUT2D eigenvalue weighted by Crippen LogP contribution is -2.12. The van der Waals surface area contributed by atoms with Gasteiger partial charge in [0.1, 0.15) is 5.75 Å². The molecular weight excluding hydrogens is 224 g/mol. The van der Waals surface area contributed by atoms with Gasteiger partial charge in [0.15, 0.2) is 0 Å². The topological polar surface area (TPSA) is 34.1 Å². The van der Waals surface area contributed by atoms with Crippen LogP contribution in [0, 0.1) is 0 Å². The van der Waals surface area contributed by atoms with Gasteiger partial charge in [-0.05, 0) is 26.7 Å². The molecule has 0 aromatic carbocycles. The Kier molecular flexibility index (Phi) is 7.23. The van der Waals surface area contributed by atoms with Crippen LogP contribution in [0.2, 0.25) is 0 Å². The van der Waals surface area contributed by atoms with E-state index in [2.05, 4.69) is 31.1 Å². The molecule has 1 N–H and O–H groups in total. The molecule has 0 amide bonds. The molecule has 0 fully saturated rings. The molecule has 0 aliphatic rings. The normalized spacial score (nSPS) is 12.2. The third-order valence-electron chi connectivity index (χ3n) is 2.90. The van der Waals surface area contributed by atoms with E-state index in [1.54, 1.807) is 6.20 Å². The van der Waals surface area contributed by atoms with E-state index in [-0.39, 0.29) is 6.10 Å². The largest absolute Gasteiger partial charge is 0.489 e. The van der Waals surface area contributed by atoms with Crippen LogP contribution in [0.3, 0.4) is 0 Å². The number of unbranched alkanes of at least 4 members (excludes halogenated alkanes) is 3. The monoisotopic (exact) mass is 250 g/mol. The second-order valence-corrected chi connectivity index (χ2v) is 4.72. The summed E-state index contributed by atoms with van der Waals surface area (Å²) in [5, 5.41) is 3.24. The molecule has 1 aromatic heterocycles. The van der Waals surface area contributed by atoms with E-state index in [0.717, 1.165) is 24.4 Å². The number of hydrogen-bond donors (Lipinski definition) is 1. The van der Waals surface area contributed by atoms with Gasteiger partial charge in [-0.3, -0.25) is 4.98 Å². The summed E-state index contributed by atoms with van der Waals surface area (Å²) in [6.07, 6.45) is 10.1. The molecule has 1 rings (SSSR count). The van der Waals surface area contributed by atoms with Gasteiger partial charge in [-0.2, -0.15) is 0 Å². The van der Waals surface area contributed by atoms with Gasteiger partial charge in [-0.25, -0.2) is 0 Å². The van der Waals surface area contributed by atoms with Gasteiger partial charge >= 0.3 is 0 Å². The predicted octanol–water partition coefficient (Wildman–Crippen LogP) is 4.25. The standard InChI is InChI=1S/C15H26N2O/c1-4-6-7-8-9-13(3)18-15-10-14(17-5-2)11-16-12-15/h10-13,17H,4-9H2,1-3H3. The predicted molar refractivity (Wildman–Crippen MR) is 77.2 cm³/mol. The molecule has 1 aromatic rings. The van der Waals surface area contributed by atoms with Crippen molar-refractivity contribution in [2.75, 3.05) is 11.9 Å². The Bertz CT molecular complexity index is 328. The van der Waals surface area contributed by atoms with Crippen LogP contribution in [0.5, 0.6) is 5.75 Å². The van der Waals surface area contributed by atoms with Crippen molar-refractivity contribution < 1.29 is 4.74 Å². The van der Waals surface area contributed by atoms with Crippen molar-refractivity contribution in [2.45, 2.75) is 59.0 Å². The van der Waals surface area contributed by atoms with Crippen LogP contribution in [-0.4, -0.2) is 17.6 Å². The average Bonchev–Trinajstić information content (AvgIpc) is 2.35. The van der Waals surface area contributed by atoms with Crippen molar-refractivity contribution in [1.82, 2.24) is 4.98 Å². The van der Waals surface area contributed by atoms with E-state index >= 15 is 0 Å². The minimum atomic E-state index is 0.264. The molecule has 3 nitrogen and oxygen atoms in total. The third kappa shape index (κ3) is 5.89. The van der Waals surface area contributed by atoms with Crippen LogP contribution in [0.4, 0.5) is 5.69 Å². The molecule has 0 aliphatic carbocycles. The minimum Gasteiger partial charge on any atom is -0.489 e. The first-order chi connectivity index (χ1) is 8.76. The van der Waals surface area contributed by atoms with Gasteiger partial charge in [0.2, 0.25) is 0 Å². The molecule has 0 saturated heterocycles. The summed E-state index contributed by atoms with van der Waals surface area (Å²) in [7, 11) is 0. The molecule has 0 radical (unpaired) electrons. The molecule has 102 valence electrons. The van der Waals surface area contributed by atoms with Crippen molar-refractivity contribution in [3.63, 3.8) is 0 Å². The van der Waals surface area contributed by atoms with Crippen molar-refractivity contribution in [2.24, 2.45) is 0 Å². The van der Waals surface area contributed by atoms with E-state index in [1.807, 2.05) is 12.3 Å². The van der Waals surface area contributed by atoms with Crippen LogP contribution in [0.25, 0.3) is 0 Å². The molecule has 0 bridgehead atoms. The molecule has 1 unspecified atom stereocenters. The van der Waals surface area contributed by atoms with E-state index < -0.39 is 0 Å². The third-order valence-corrected chi connectivity index (χ3v) is 2.90. The first kappa shape index (κ1) is 14.8. The fourth-order valence-electron chi connectivity index (χ4n) is 1.93. The number of nitrogens with zero attached hydrogens (tertiary/aromatic N) is 1. The van der Waals surface area contributed by atoms with Gasteiger partial charge in [0, 0.05) is 12.6 Å². The lowest BCUT2D eigenvalue weighted by atomic mass is 10.1. The quantitative estimate of drug-likeness (QED) is 0.665. The average molecular weight is 250 g/mol. The Balaban J connectivity index is 2.34. The zero-order valence-corrected chi connectivity index (χ0v) is 11.9. The van der Waals surface area contributed by atoms with E-state index in [4.69, 9.17) is 4.74 Å². The maximum absolute atomic E-state index is 5.88. The maximum Gasteiger partial charge on any atom is 0.140 e. The van der Waals surface area contributed by atoms with Crippen molar-refractivity contribution >= 4 is 5.69 Å². The summed E-state index contributed by atoms with van der Waals surface area (Å²) in [4.78, 5) is 4.18. The molecule has 1 atom stereocenters. The van der Waals surface area contributed by atoms with Gasteiger partial charge in [0.25, 0.3) is 0 Å². The Morgan fingerprint density at radius 1 is 1.22 bits per heavy atom. The first-order valence-electron chi connectivity index (χ1n) is 7.11. The van der Waals surface area contributed by atoms with Crippen LogP contribution in [0.1, 0.15) is 52.9 Å². The van der Waals surface area contributed by atoms with Gasteiger partial charge in [-0.15, -0.1) is 0 Å². The SMILES string of the molecule is CCCCCCC(C)Oc1cncc(NCC)c1. The number of hydrogen-bond acceptors (Lipinski definition) is 3. The summed E-state index contributed by atoms with van der Waals surface area (Å²) in [5.41, 5.74) is 1.02. The Labute approximate surface area is 111 Å². The van der Waals surface area contributed by atoms with E-state index in [1.165, 1.54) is 25.7 Å². The molecule has 0 aliphatic heterocycles. The van der Waals surface area contributed by atoms with Gasteiger partial charge in [-0.1, -0.05) is 26.2 Å². The number of rotatable bonds is 9. The zero-order valence-electron chi connectivity index (χ0n) is 11.9. The van der Waals surface area contributed by atoms with Gasteiger partial charge in [0.05, 0.1) is 24.2 Å². The first-order valence-corrected chi connectivity index (χ1v) is 7.11. The van der Waals surface area contributed by atoms with Crippen molar-refractivity contribution in [1.29, 1.82) is 0 Å². The lowest BCUT2D eigenvalue weighted by molar-refractivity contribution is 0.206. The Hall–Kier alpha value is -1.25. The molecule has 0 saturated carbocycles. The van der Waals surface area contributed by atoms with Crippen LogP contribution in [-0.2, 0) is 0 Å². The molecule has 18 heavy (non-hydrogen) atoms. The number of ether oxygens (including phenoxy) is 1. The number of nitrogens with one attached hydrogen (secondary N) is 1. The molecular formula is C15H26N2O. The minimum absolute atomic E-state index is 0.264. The summed E-state index contributed by atoms with van der Waals surface area (Å²) < 4.78 is 5.88. The van der Waals surface area contributed by atoms with Crippen LogP contribution >= 0.6 is 0 Å². The fraction of sp³-hybridized carbons (Fsp3) is 0.667. The number of aromatic nitrogens is 1. The van der Waals surface area contributed by atoms with E-state index in [0.29, 0.717) is 0 Å². The molecule has 3 heteroatoms. The zero-order chi connectivity index (χ0) is 13.2. The number of anilines is 1. The van der Waals surface area contributed by atoms with Crippen molar-refractivity contribution in [3.05, 3.63) is 18.5 Å².